The predicted molar refractivity (Wildman–Crippen MR) is 87.7 cm³/mol. The van der Waals surface area contributed by atoms with Crippen LogP contribution in [0.15, 0.2) is 57.3 Å². The third-order valence-corrected chi connectivity index (χ3v) is 5.70. The quantitative estimate of drug-likeness (QED) is 0.729. The zero-order valence-corrected chi connectivity index (χ0v) is 14.2. The van der Waals surface area contributed by atoms with Gasteiger partial charge in [0.15, 0.2) is 5.78 Å². The van der Waals surface area contributed by atoms with Gasteiger partial charge in [-0.3, -0.25) is 4.79 Å². The standard InChI is InChI=1S/C18H9F4NO3S/c19-11-5-4-9(13(8-11)18(20,21)22)6-10-7-14(24)12-2-1-3-15-16(12)17(10)23-27(15,25)26/h1-5,7-8H,6H2. The first-order chi connectivity index (χ1) is 12.6. The summed E-state index contributed by atoms with van der Waals surface area (Å²) in [6.07, 6.45) is -4.14. The van der Waals surface area contributed by atoms with Crippen LogP contribution >= 0.6 is 0 Å². The molecule has 0 atom stereocenters. The topological polar surface area (TPSA) is 63.6 Å². The second kappa shape index (κ2) is 5.59. The van der Waals surface area contributed by atoms with Gasteiger partial charge in [0, 0.05) is 17.5 Å². The second-order valence-corrected chi connectivity index (χ2v) is 7.68. The molecule has 0 aromatic heterocycles. The van der Waals surface area contributed by atoms with Gasteiger partial charge in [-0.1, -0.05) is 18.2 Å². The van der Waals surface area contributed by atoms with Crippen molar-refractivity contribution >= 4 is 21.5 Å². The Kier molecular flexibility index (Phi) is 3.64. The number of ketones is 1. The monoisotopic (exact) mass is 395 g/mol. The normalized spacial score (nSPS) is 17.4. The summed E-state index contributed by atoms with van der Waals surface area (Å²) >= 11 is 0. The summed E-state index contributed by atoms with van der Waals surface area (Å²) in [6, 6.07) is 6.34. The van der Waals surface area contributed by atoms with Gasteiger partial charge in [-0.15, -0.1) is 0 Å². The number of benzene rings is 2. The van der Waals surface area contributed by atoms with Crippen molar-refractivity contribution in [3.05, 3.63) is 76.1 Å². The molecule has 0 amide bonds. The Morgan fingerprint density at radius 1 is 1.07 bits per heavy atom. The van der Waals surface area contributed by atoms with Gasteiger partial charge in [0.2, 0.25) is 0 Å². The van der Waals surface area contributed by atoms with Gasteiger partial charge in [0.05, 0.1) is 16.2 Å². The first kappa shape index (κ1) is 17.6. The summed E-state index contributed by atoms with van der Waals surface area (Å²) in [6.45, 7) is 0. The van der Waals surface area contributed by atoms with Gasteiger partial charge in [-0.25, -0.2) is 4.39 Å². The van der Waals surface area contributed by atoms with Crippen LogP contribution in [0, 0.1) is 5.82 Å². The highest BCUT2D eigenvalue weighted by Gasteiger charge is 2.38. The molecule has 2 aromatic carbocycles. The summed E-state index contributed by atoms with van der Waals surface area (Å²) in [5.41, 5.74) is -1.23. The van der Waals surface area contributed by atoms with Crippen molar-refractivity contribution in [1.29, 1.82) is 0 Å². The Bertz CT molecular complexity index is 1180. The largest absolute Gasteiger partial charge is 0.416 e. The number of allylic oxidation sites excluding steroid dienone is 2. The SMILES string of the molecule is O=C1C=C(Cc2ccc(F)cc2C(F)(F)F)C2=NS(=O)(=O)c3cccc1c32. The van der Waals surface area contributed by atoms with Crippen LogP contribution in [0.1, 0.15) is 27.0 Å². The molecule has 1 aliphatic carbocycles. The Balaban J connectivity index is 1.86. The number of carbonyl (C=O) groups excluding carboxylic acids is 1. The molecular formula is C18H9F4NO3S. The number of alkyl halides is 3. The lowest BCUT2D eigenvalue weighted by molar-refractivity contribution is -0.138. The molecule has 2 aromatic rings. The minimum Gasteiger partial charge on any atom is -0.289 e. The molecule has 2 aliphatic rings. The molecule has 1 heterocycles. The van der Waals surface area contributed by atoms with Gasteiger partial charge in [-0.2, -0.15) is 26.0 Å². The fourth-order valence-corrected chi connectivity index (χ4v) is 4.50. The van der Waals surface area contributed by atoms with Crippen LogP contribution in [-0.4, -0.2) is 19.9 Å². The van der Waals surface area contributed by atoms with E-state index in [0.29, 0.717) is 6.07 Å². The fraction of sp³-hybridized carbons (Fsp3) is 0.111. The lowest BCUT2D eigenvalue weighted by atomic mass is 9.85. The van der Waals surface area contributed by atoms with Crippen LogP contribution in [0.3, 0.4) is 0 Å². The Labute approximate surface area is 150 Å². The van der Waals surface area contributed by atoms with Crippen molar-refractivity contribution in [2.45, 2.75) is 17.5 Å². The Hall–Kier alpha value is -2.81. The number of nitrogens with zero attached hydrogens (tertiary/aromatic N) is 1. The van der Waals surface area contributed by atoms with Crippen LogP contribution in [0.5, 0.6) is 0 Å². The molecule has 4 rings (SSSR count). The van der Waals surface area contributed by atoms with Crippen LogP contribution in [0.2, 0.25) is 0 Å². The van der Waals surface area contributed by atoms with E-state index in [1.54, 1.807) is 0 Å². The maximum absolute atomic E-state index is 13.3. The number of carbonyl (C=O) groups is 1. The van der Waals surface area contributed by atoms with E-state index in [9.17, 15) is 30.8 Å². The molecular weight excluding hydrogens is 386 g/mol. The maximum Gasteiger partial charge on any atom is 0.416 e. The van der Waals surface area contributed by atoms with Crippen molar-refractivity contribution in [3.63, 3.8) is 0 Å². The molecule has 4 nitrogen and oxygen atoms in total. The van der Waals surface area contributed by atoms with Crippen molar-refractivity contribution in [3.8, 4) is 0 Å². The summed E-state index contributed by atoms with van der Waals surface area (Å²) in [4.78, 5) is 12.2. The molecule has 0 saturated carbocycles. The van der Waals surface area contributed by atoms with Crippen LogP contribution in [0.25, 0.3) is 0 Å². The summed E-state index contributed by atoms with van der Waals surface area (Å²) in [7, 11) is -4.03. The smallest absolute Gasteiger partial charge is 0.289 e. The van der Waals surface area contributed by atoms with E-state index in [2.05, 4.69) is 4.40 Å². The highest BCUT2D eigenvalue weighted by Crippen LogP contribution is 2.38. The number of rotatable bonds is 2. The van der Waals surface area contributed by atoms with Gasteiger partial charge in [0.1, 0.15) is 5.82 Å². The van der Waals surface area contributed by atoms with Gasteiger partial charge in [-0.05, 0) is 35.4 Å². The summed E-state index contributed by atoms with van der Waals surface area (Å²) in [5.74, 6) is -1.57. The molecule has 1 aliphatic heterocycles. The highest BCUT2D eigenvalue weighted by atomic mass is 32.2. The molecule has 0 unspecified atom stereocenters. The third-order valence-electron chi connectivity index (χ3n) is 4.39. The molecule has 27 heavy (non-hydrogen) atoms. The van der Waals surface area contributed by atoms with Crippen molar-refractivity contribution in [1.82, 2.24) is 0 Å². The van der Waals surface area contributed by atoms with E-state index in [1.807, 2.05) is 0 Å². The minimum absolute atomic E-state index is 0.0399. The van der Waals surface area contributed by atoms with Crippen LogP contribution < -0.4 is 0 Å². The third kappa shape index (κ3) is 2.78. The molecule has 0 radical (unpaired) electrons. The van der Waals surface area contributed by atoms with E-state index in [4.69, 9.17) is 0 Å². The lowest BCUT2D eigenvalue weighted by Crippen LogP contribution is -2.19. The number of hydrogen-bond donors (Lipinski definition) is 0. The van der Waals surface area contributed by atoms with Crippen molar-refractivity contribution < 1.29 is 30.8 Å². The number of hydrogen-bond acceptors (Lipinski definition) is 3. The zero-order chi connectivity index (χ0) is 19.6. The fourth-order valence-electron chi connectivity index (χ4n) is 3.24. The molecule has 0 N–H and O–H groups in total. The van der Waals surface area contributed by atoms with Crippen molar-refractivity contribution in [2.24, 2.45) is 4.40 Å². The summed E-state index contributed by atoms with van der Waals surface area (Å²) < 4.78 is 81.1. The first-order valence-electron chi connectivity index (χ1n) is 7.67. The second-order valence-electron chi connectivity index (χ2n) is 6.10. The van der Waals surface area contributed by atoms with E-state index in [1.165, 1.54) is 18.2 Å². The maximum atomic E-state index is 13.3. The van der Waals surface area contributed by atoms with E-state index in [0.717, 1.165) is 18.2 Å². The van der Waals surface area contributed by atoms with Gasteiger partial charge < -0.3 is 0 Å². The summed E-state index contributed by atoms with van der Waals surface area (Å²) in [5, 5.41) is 0. The van der Waals surface area contributed by atoms with E-state index in [-0.39, 0.29) is 32.9 Å². The van der Waals surface area contributed by atoms with Crippen LogP contribution in [-0.2, 0) is 22.6 Å². The minimum atomic E-state index is -4.80. The molecule has 9 heteroatoms. The molecule has 0 saturated heterocycles. The van der Waals surface area contributed by atoms with Crippen LogP contribution in [0.4, 0.5) is 17.6 Å². The average molecular weight is 395 g/mol. The zero-order valence-electron chi connectivity index (χ0n) is 13.3. The first-order valence-corrected chi connectivity index (χ1v) is 9.11. The lowest BCUT2D eigenvalue weighted by Gasteiger charge is -2.18. The Morgan fingerprint density at radius 2 is 1.81 bits per heavy atom. The molecule has 0 fully saturated rings. The molecule has 138 valence electrons. The molecule has 0 spiro atoms. The predicted octanol–water partition coefficient (Wildman–Crippen LogP) is 3.70. The highest BCUT2D eigenvalue weighted by molar-refractivity contribution is 7.90. The molecule has 0 bridgehead atoms. The number of sulfonamides is 1. The van der Waals surface area contributed by atoms with Gasteiger partial charge >= 0.3 is 6.18 Å². The van der Waals surface area contributed by atoms with Gasteiger partial charge in [0.25, 0.3) is 10.0 Å². The average Bonchev–Trinajstić information content (AvgIpc) is 2.85. The van der Waals surface area contributed by atoms with E-state index < -0.39 is 39.8 Å². The number of halogens is 4. The van der Waals surface area contributed by atoms with Crippen molar-refractivity contribution in [2.75, 3.05) is 0 Å². The Morgan fingerprint density at radius 3 is 2.52 bits per heavy atom. The van der Waals surface area contributed by atoms with E-state index >= 15 is 0 Å².